The second kappa shape index (κ2) is 3.58. The van der Waals surface area contributed by atoms with Gasteiger partial charge in [0.1, 0.15) is 5.75 Å². The normalized spacial score (nSPS) is 11.3. The molecule has 7 heteroatoms. The van der Waals surface area contributed by atoms with Crippen molar-refractivity contribution in [1.82, 2.24) is 0 Å². The monoisotopic (exact) mass is 236 g/mol. The van der Waals surface area contributed by atoms with E-state index < -0.39 is 15.1 Å². The summed E-state index contributed by atoms with van der Waals surface area (Å²) in [5, 5.41) is 6.62. The molecule has 0 spiro atoms. The van der Waals surface area contributed by atoms with Crippen LogP contribution in [0.5, 0.6) is 5.75 Å². The number of aryl methyl sites for hydroxylation is 1. The van der Waals surface area contributed by atoms with Crippen LogP contribution >= 0.6 is 11.3 Å². The summed E-state index contributed by atoms with van der Waals surface area (Å²) in [6, 6.07) is 1.49. The minimum atomic E-state index is -4.29. The van der Waals surface area contributed by atoms with E-state index >= 15 is 0 Å². The molecule has 0 radical (unpaired) electrons. The first-order chi connectivity index (χ1) is 6.39. The maximum Gasteiger partial charge on any atom is 0.428 e. The zero-order valence-electron chi connectivity index (χ0n) is 7.47. The number of hydrogen-bond donors (Lipinski definition) is 1. The first-order valence-electron chi connectivity index (χ1n) is 3.52. The molecule has 14 heavy (non-hydrogen) atoms. The van der Waals surface area contributed by atoms with Crippen LogP contribution in [0.25, 0.3) is 0 Å². The van der Waals surface area contributed by atoms with Crippen LogP contribution in [0.4, 0.5) is 4.79 Å². The zero-order valence-corrected chi connectivity index (χ0v) is 9.11. The van der Waals surface area contributed by atoms with E-state index in [2.05, 4.69) is 0 Å². The number of hydrogen-bond acceptors (Lipinski definition) is 5. The Bertz CT molecular complexity index is 456. The van der Waals surface area contributed by atoms with E-state index in [0.717, 1.165) is 11.3 Å². The lowest BCUT2D eigenvalue weighted by atomic mass is 10.5. The highest BCUT2D eigenvalue weighted by molar-refractivity contribution is 8.07. The molecule has 1 rings (SSSR count). The van der Waals surface area contributed by atoms with Crippen molar-refractivity contribution in [3.63, 3.8) is 0 Å². The van der Waals surface area contributed by atoms with Crippen LogP contribution in [-0.2, 0) is 9.84 Å². The predicted octanol–water partition coefficient (Wildman–Crippen LogP) is 1.52. The number of sulfone groups is 1. The molecule has 1 aromatic heterocycles. The van der Waals surface area contributed by atoms with E-state index in [1.165, 1.54) is 13.2 Å². The van der Waals surface area contributed by atoms with Crippen LogP contribution in [0, 0.1) is 6.92 Å². The van der Waals surface area contributed by atoms with Gasteiger partial charge in [0.15, 0.2) is 4.21 Å². The molecule has 0 bridgehead atoms. The van der Waals surface area contributed by atoms with E-state index in [0.29, 0.717) is 4.88 Å². The molecule has 0 aliphatic rings. The zero-order chi connectivity index (χ0) is 10.9. The molecule has 78 valence electrons. The van der Waals surface area contributed by atoms with E-state index in [1.807, 2.05) is 0 Å². The van der Waals surface area contributed by atoms with Crippen molar-refractivity contribution in [1.29, 1.82) is 0 Å². The highest BCUT2D eigenvalue weighted by Crippen LogP contribution is 2.33. The fourth-order valence-electron chi connectivity index (χ4n) is 0.878. The summed E-state index contributed by atoms with van der Waals surface area (Å²) in [4.78, 5) is 11.1. The van der Waals surface area contributed by atoms with Crippen molar-refractivity contribution in [3.05, 3.63) is 10.9 Å². The van der Waals surface area contributed by atoms with Crippen LogP contribution < -0.4 is 4.74 Å². The topological polar surface area (TPSA) is 80.7 Å². The van der Waals surface area contributed by atoms with Crippen LogP contribution in [-0.4, -0.2) is 25.9 Å². The summed E-state index contributed by atoms with van der Waals surface area (Å²) in [6.07, 6.45) is 0. The van der Waals surface area contributed by atoms with Crippen LogP contribution in [0.3, 0.4) is 0 Å². The van der Waals surface area contributed by atoms with Crippen molar-refractivity contribution in [3.8, 4) is 5.75 Å². The Balaban J connectivity index is 3.39. The van der Waals surface area contributed by atoms with E-state index in [9.17, 15) is 13.2 Å². The average Bonchev–Trinajstić information content (AvgIpc) is 2.46. The van der Waals surface area contributed by atoms with Crippen molar-refractivity contribution >= 4 is 26.5 Å². The lowest BCUT2D eigenvalue weighted by molar-refractivity contribution is 0.219. The summed E-state index contributed by atoms with van der Waals surface area (Å²) in [6.45, 7) is 1.67. The third-order valence-corrected chi connectivity index (χ3v) is 4.37. The molecule has 5 nitrogen and oxygen atoms in total. The van der Waals surface area contributed by atoms with Gasteiger partial charge in [-0.3, -0.25) is 0 Å². The molecule has 0 saturated heterocycles. The molecular weight excluding hydrogens is 228 g/mol. The fraction of sp³-hybridized carbons (Fsp3) is 0.286. The molecule has 0 fully saturated rings. The maximum atomic E-state index is 11.3. The predicted molar refractivity (Wildman–Crippen MR) is 50.8 cm³/mol. The smallest absolute Gasteiger partial charge is 0.428 e. The highest BCUT2D eigenvalue weighted by atomic mass is 32.2. The van der Waals surface area contributed by atoms with Gasteiger partial charge in [0.2, 0.25) is 0 Å². The summed E-state index contributed by atoms with van der Waals surface area (Å²) >= 11 is 0.880. The Morgan fingerprint density at radius 3 is 2.57 bits per heavy atom. The van der Waals surface area contributed by atoms with Gasteiger partial charge in [0.05, 0.1) is 7.11 Å². The van der Waals surface area contributed by atoms with Gasteiger partial charge in [-0.05, 0) is 13.0 Å². The SMILES string of the molecule is COc1cc(C)sc1S(=O)(=O)C(=O)O. The fourth-order valence-corrected chi connectivity index (χ4v) is 3.19. The second-order valence-corrected chi connectivity index (χ2v) is 5.76. The number of carbonyl (C=O) groups is 1. The van der Waals surface area contributed by atoms with E-state index in [1.54, 1.807) is 6.92 Å². The molecular formula is C7H8O5S2. The maximum absolute atomic E-state index is 11.3. The number of carboxylic acid groups (broad SMARTS) is 1. The Kier molecular flexibility index (Phi) is 2.81. The lowest BCUT2D eigenvalue weighted by Gasteiger charge is -1.98. The largest absolute Gasteiger partial charge is 0.494 e. The van der Waals surface area contributed by atoms with E-state index in [4.69, 9.17) is 9.84 Å². The van der Waals surface area contributed by atoms with Crippen LogP contribution in [0.2, 0.25) is 0 Å². The highest BCUT2D eigenvalue weighted by Gasteiger charge is 2.29. The standard InChI is InChI=1S/C7H8O5S2/c1-4-3-5(12-2)6(13-4)14(10,11)7(8)9/h3H,1-2H3,(H,8,9). The average molecular weight is 236 g/mol. The number of methoxy groups -OCH3 is 1. The minimum Gasteiger partial charge on any atom is -0.494 e. The quantitative estimate of drug-likeness (QED) is 0.841. The molecule has 0 aliphatic carbocycles. The molecule has 0 unspecified atom stereocenters. The number of rotatable bonds is 2. The molecule has 1 aromatic rings. The van der Waals surface area contributed by atoms with Gasteiger partial charge in [-0.2, -0.15) is 0 Å². The van der Waals surface area contributed by atoms with E-state index in [-0.39, 0.29) is 9.96 Å². The summed E-state index contributed by atoms with van der Waals surface area (Å²) in [7, 11) is -2.99. The molecule has 0 atom stereocenters. The van der Waals surface area contributed by atoms with Crippen molar-refractivity contribution in [2.75, 3.05) is 7.11 Å². The third-order valence-electron chi connectivity index (χ3n) is 1.48. The molecule has 1 heterocycles. The van der Waals surface area contributed by atoms with Crippen LogP contribution in [0.15, 0.2) is 10.3 Å². The van der Waals surface area contributed by atoms with Gasteiger partial charge in [0, 0.05) is 4.88 Å². The van der Waals surface area contributed by atoms with Gasteiger partial charge in [-0.1, -0.05) is 0 Å². The van der Waals surface area contributed by atoms with Crippen molar-refractivity contribution in [2.24, 2.45) is 0 Å². The summed E-state index contributed by atoms with van der Waals surface area (Å²) in [5.74, 6) is 0.0786. The third kappa shape index (κ3) is 1.73. The first-order valence-corrected chi connectivity index (χ1v) is 5.82. The Morgan fingerprint density at radius 1 is 1.57 bits per heavy atom. The number of ether oxygens (including phenoxy) is 1. The van der Waals surface area contributed by atoms with Gasteiger partial charge >= 0.3 is 5.30 Å². The van der Waals surface area contributed by atoms with Gasteiger partial charge in [-0.15, -0.1) is 11.3 Å². The Morgan fingerprint density at radius 2 is 2.14 bits per heavy atom. The van der Waals surface area contributed by atoms with Crippen molar-refractivity contribution < 1.29 is 23.1 Å². The van der Waals surface area contributed by atoms with Gasteiger partial charge in [0.25, 0.3) is 9.84 Å². The van der Waals surface area contributed by atoms with Crippen molar-refractivity contribution in [2.45, 2.75) is 11.1 Å². The lowest BCUT2D eigenvalue weighted by Crippen LogP contribution is -2.11. The minimum absolute atomic E-state index is 0.0786. The molecule has 0 saturated carbocycles. The molecule has 0 aromatic carbocycles. The summed E-state index contributed by atoms with van der Waals surface area (Å²) < 4.78 is 27.0. The summed E-state index contributed by atoms with van der Waals surface area (Å²) in [5.41, 5.74) is 0. The second-order valence-electron chi connectivity index (χ2n) is 2.48. The van der Waals surface area contributed by atoms with Gasteiger partial charge < -0.3 is 9.84 Å². The molecule has 0 aliphatic heterocycles. The van der Waals surface area contributed by atoms with Crippen LogP contribution in [0.1, 0.15) is 4.88 Å². The Labute approximate surface area is 84.9 Å². The first kappa shape index (κ1) is 11.0. The number of thiophene rings is 1. The Hall–Kier alpha value is -1.08. The molecule has 0 amide bonds. The molecule has 1 N–H and O–H groups in total. The van der Waals surface area contributed by atoms with Gasteiger partial charge in [-0.25, -0.2) is 13.2 Å².